The van der Waals surface area contributed by atoms with E-state index in [-0.39, 0.29) is 0 Å². The minimum Gasteiger partial charge on any atom is -0.353 e. The van der Waals surface area contributed by atoms with Crippen LogP contribution in [0.5, 0.6) is 0 Å². The van der Waals surface area contributed by atoms with Crippen LogP contribution in [0.3, 0.4) is 0 Å². The van der Waals surface area contributed by atoms with E-state index in [0.717, 1.165) is 61.3 Å². The molecule has 0 spiro atoms. The van der Waals surface area contributed by atoms with Crippen LogP contribution in [-0.2, 0) is 0 Å². The van der Waals surface area contributed by atoms with Crippen molar-refractivity contribution in [1.29, 1.82) is 0 Å². The number of rotatable bonds is 3. The van der Waals surface area contributed by atoms with E-state index in [2.05, 4.69) is 85.2 Å². The van der Waals surface area contributed by atoms with Crippen molar-refractivity contribution in [2.45, 2.75) is 13.8 Å². The third kappa shape index (κ3) is 2.92. The molecule has 0 unspecified atom stereocenters. The molecule has 6 rings (SSSR count). The van der Waals surface area contributed by atoms with Gasteiger partial charge in [0.05, 0.1) is 28.9 Å². The van der Waals surface area contributed by atoms with E-state index >= 15 is 0 Å². The SMILES string of the molecule is Cc1cncc(-c2ccc3[nH]nc(-c4cc5c(-n6cnc(C)c6)cccc5[nH]4)c3c2)c1. The molecule has 0 aliphatic carbocycles. The van der Waals surface area contributed by atoms with Crippen molar-refractivity contribution < 1.29 is 0 Å². The number of nitrogens with one attached hydrogen (secondary N) is 2. The van der Waals surface area contributed by atoms with Gasteiger partial charge in [-0.05, 0) is 61.4 Å². The number of benzene rings is 2. The van der Waals surface area contributed by atoms with Crippen molar-refractivity contribution in [2.24, 2.45) is 0 Å². The maximum atomic E-state index is 4.63. The quantitative estimate of drug-likeness (QED) is 0.404. The van der Waals surface area contributed by atoms with Gasteiger partial charge >= 0.3 is 0 Å². The molecule has 4 heterocycles. The standard InChI is InChI=1S/C25H20N6/c1-15-8-18(12-26-11-15)17-6-7-22-20(9-17)25(30-29-22)23-10-19-21(28-23)4-3-5-24(19)31-13-16(2)27-14-31/h3-14,28H,1-2H3,(H,29,30). The monoisotopic (exact) mass is 404 g/mol. The molecule has 2 N–H and O–H groups in total. The predicted octanol–water partition coefficient (Wildman–Crippen LogP) is 5.58. The van der Waals surface area contributed by atoms with Gasteiger partial charge in [0.1, 0.15) is 5.69 Å². The molecule has 0 atom stereocenters. The van der Waals surface area contributed by atoms with Crippen molar-refractivity contribution in [3.63, 3.8) is 0 Å². The molecule has 4 aromatic heterocycles. The number of imidazole rings is 1. The van der Waals surface area contributed by atoms with Crippen LogP contribution in [0.4, 0.5) is 0 Å². The van der Waals surface area contributed by atoms with Gasteiger partial charge in [0, 0.05) is 40.4 Å². The summed E-state index contributed by atoms with van der Waals surface area (Å²) in [5.41, 5.74) is 9.39. The first kappa shape index (κ1) is 17.7. The molecule has 0 saturated carbocycles. The third-order valence-corrected chi connectivity index (χ3v) is 5.66. The van der Waals surface area contributed by atoms with E-state index in [0.29, 0.717) is 0 Å². The average Bonchev–Trinajstić information content (AvgIpc) is 3.50. The van der Waals surface area contributed by atoms with Crippen LogP contribution in [0.25, 0.3) is 50.0 Å². The number of hydrogen-bond donors (Lipinski definition) is 2. The molecule has 0 saturated heterocycles. The number of pyridine rings is 1. The predicted molar refractivity (Wildman–Crippen MR) is 123 cm³/mol. The minimum absolute atomic E-state index is 0.904. The van der Waals surface area contributed by atoms with Crippen LogP contribution >= 0.6 is 0 Å². The van der Waals surface area contributed by atoms with Crippen LogP contribution < -0.4 is 0 Å². The van der Waals surface area contributed by atoms with E-state index in [1.165, 1.54) is 0 Å². The molecular weight excluding hydrogens is 384 g/mol. The van der Waals surface area contributed by atoms with E-state index in [4.69, 9.17) is 0 Å². The van der Waals surface area contributed by atoms with Crippen LogP contribution in [0.2, 0.25) is 0 Å². The van der Waals surface area contributed by atoms with Crippen LogP contribution in [-0.4, -0.2) is 29.7 Å². The largest absolute Gasteiger partial charge is 0.353 e. The highest BCUT2D eigenvalue weighted by Gasteiger charge is 2.14. The Bertz CT molecular complexity index is 1570. The highest BCUT2D eigenvalue weighted by Crippen LogP contribution is 2.33. The topological polar surface area (TPSA) is 75.2 Å². The Balaban J connectivity index is 1.51. The smallest absolute Gasteiger partial charge is 0.116 e. The highest BCUT2D eigenvalue weighted by molar-refractivity contribution is 5.99. The summed E-state index contributed by atoms with van der Waals surface area (Å²) >= 11 is 0. The Morgan fingerprint density at radius 1 is 0.871 bits per heavy atom. The lowest BCUT2D eigenvalue weighted by molar-refractivity contribution is 1.07. The van der Waals surface area contributed by atoms with Gasteiger partial charge in [0.2, 0.25) is 0 Å². The van der Waals surface area contributed by atoms with Crippen molar-refractivity contribution in [1.82, 2.24) is 29.7 Å². The van der Waals surface area contributed by atoms with Gasteiger partial charge in [-0.3, -0.25) is 10.1 Å². The summed E-state index contributed by atoms with van der Waals surface area (Å²) in [6.07, 6.45) is 7.65. The number of aromatic nitrogens is 6. The van der Waals surface area contributed by atoms with Gasteiger partial charge in [0.15, 0.2) is 0 Å². The number of fused-ring (bicyclic) bond motifs is 2. The summed E-state index contributed by atoms with van der Waals surface area (Å²) in [6.45, 7) is 4.05. The second-order valence-corrected chi connectivity index (χ2v) is 7.93. The minimum atomic E-state index is 0.904. The lowest BCUT2D eigenvalue weighted by Crippen LogP contribution is -1.89. The molecule has 0 aliphatic heterocycles. The first-order valence-electron chi connectivity index (χ1n) is 10.2. The van der Waals surface area contributed by atoms with E-state index < -0.39 is 0 Å². The second-order valence-electron chi connectivity index (χ2n) is 7.93. The molecule has 0 bridgehead atoms. The number of aryl methyl sites for hydroxylation is 2. The van der Waals surface area contributed by atoms with Crippen molar-refractivity contribution in [3.05, 3.63) is 84.7 Å². The fraction of sp³-hybridized carbons (Fsp3) is 0.0800. The number of aromatic amines is 2. The maximum Gasteiger partial charge on any atom is 0.116 e. The van der Waals surface area contributed by atoms with Gasteiger partial charge < -0.3 is 9.55 Å². The summed E-state index contributed by atoms with van der Waals surface area (Å²) in [7, 11) is 0. The third-order valence-electron chi connectivity index (χ3n) is 5.66. The fourth-order valence-corrected chi connectivity index (χ4v) is 4.16. The lowest BCUT2D eigenvalue weighted by atomic mass is 10.0. The second kappa shape index (κ2) is 6.67. The molecule has 0 amide bonds. The number of nitrogens with zero attached hydrogens (tertiary/aromatic N) is 4. The Hall–Kier alpha value is -4.19. The molecule has 0 fully saturated rings. The Morgan fingerprint density at radius 3 is 2.65 bits per heavy atom. The first-order valence-corrected chi connectivity index (χ1v) is 10.2. The molecule has 0 radical (unpaired) electrons. The molecule has 2 aromatic carbocycles. The molecule has 31 heavy (non-hydrogen) atoms. The maximum absolute atomic E-state index is 4.63. The fourth-order valence-electron chi connectivity index (χ4n) is 4.16. The van der Waals surface area contributed by atoms with Gasteiger partial charge in [-0.2, -0.15) is 5.10 Å². The summed E-state index contributed by atoms with van der Waals surface area (Å²) in [5, 5.41) is 10.0. The Morgan fingerprint density at radius 2 is 1.81 bits per heavy atom. The van der Waals surface area contributed by atoms with Gasteiger partial charge in [-0.25, -0.2) is 4.98 Å². The molecule has 0 aliphatic rings. The average molecular weight is 404 g/mol. The van der Waals surface area contributed by atoms with Crippen molar-refractivity contribution in [2.75, 3.05) is 0 Å². The Kier molecular flexibility index (Phi) is 3.80. The van der Waals surface area contributed by atoms with Gasteiger partial charge in [0.25, 0.3) is 0 Å². The molecule has 6 nitrogen and oxygen atoms in total. The molecule has 150 valence electrons. The summed E-state index contributed by atoms with van der Waals surface area (Å²) in [6, 6.07) is 16.9. The number of hydrogen-bond acceptors (Lipinski definition) is 3. The van der Waals surface area contributed by atoms with E-state index in [1.54, 1.807) is 0 Å². The van der Waals surface area contributed by atoms with Crippen LogP contribution in [0.1, 0.15) is 11.3 Å². The molecule has 6 heteroatoms. The zero-order valence-electron chi connectivity index (χ0n) is 17.2. The normalized spacial score (nSPS) is 11.5. The lowest BCUT2D eigenvalue weighted by Gasteiger charge is -2.03. The zero-order valence-corrected chi connectivity index (χ0v) is 17.2. The van der Waals surface area contributed by atoms with E-state index in [1.807, 2.05) is 31.8 Å². The molecular formula is C25H20N6. The number of H-pyrrole nitrogens is 2. The van der Waals surface area contributed by atoms with E-state index in [9.17, 15) is 0 Å². The summed E-state index contributed by atoms with van der Waals surface area (Å²) < 4.78 is 2.06. The Labute approximate surface area is 178 Å². The summed E-state index contributed by atoms with van der Waals surface area (Å²) in [4.78, 5) is 12.3. The van der Waals surface area contributed by atoms with Crippen molar-refractivity contribution in [3.8, 4) is 28.2 Å². The van der Waals surface area contributed by atoms with Crippen LogP contribution in [0, 0.1) is 13.8 Å². The van der Waals surface area contributed by atoms with Crippen molar-refractivity contribution >= 4 is 21.8 Å². The molecule has 6 aromatic rings. The first-order chi connectivity index (χ1) is 15.2. The highest BCUT2D eigenvalue weighted by atomic mass is 15.1. The summed E-state index contributed by atoms with van der Waals surface area (Å²) in [5.74, 6) is 0. The van der Waals surface area contributed by atoms with Gasteiger partial charge in [-0.1, -0.05) is 12.1 Å². The van der Waals surface area contributed by atoms with Crippen LogP contribution in [0.15, 0.2) is 73.4 Å². The van der Waals surface area contributed by atoms with Gasteiger partial charge in [-0.15, -0.1) is 0 Å². The zero-order chi connectivity index (χ0) is 20.9.